The number of fused-ring (bicyclic) bond motifs is 2. The van der Waals surface area contributed by atoms with Crippen LogP contribution in [0.1, 0.15) is 29.9 Å². The van der Waals surface area contributed by atoms with Crippen molar-refractivity contribution >= 4 is 22.5 Å². The summed E-state index contributed by atoms with van der Waals surface area (Å²) >= 11 is 0. The molecular weight excluding hydrogens is 443 g/mol. The fourth-order valence-corrected chi connectivity index (χ4v) is 4.98. The summed E-state index contributed by atoms with van der Waals surface area (Å²) in [5.74, 6) is -0.169. The van der Waals surface area contributed by atoms with E-state index >= 15 is 0 Å². The number of likely N-dealkylation sites (tertiary alicyclic amines) is 1. The zero-order valence-electron chi connectivity index (χ0n) is 18.8. The average molecular weight is 470 g/mol. The SMILES string of the molecule is CNCC(=O)N1CCC(c2ccc3[nH]c(-c4cc(F)c5nccn5c4)c(CC(F)F)c3c2)CC1. The number of benzene rings is 1. The summed E-state index contributed by atoms with van der Waals surface area (Å²) in [4.78, 5) is 21.2. The number of carbonyl (C=O) groups is 1. The second-order valence-electron chi connectivity index (χ2n) is 8.80. The van der Waals surface area contributed by atoms with Gasteiger partial charge in [0.2, 0.25) is 12.3 Å². The predicted octanol–water partition coefficient (Wildman–Crippen LogP) is 4.35. The molecule has 4 heterocycles. The lowest BCUT2D eigenvalue weighted by Crippen LogP contribution is -2.41. The maximum Gasteiger partial charge on any atom is 0.242 e. The number of amides is 1. The van der Waals surface area contributed by atoms with Crippen LogP contribution in [0, 0.1) is 5.82 Å². The normalized spacial score (nSPS) is 15.1. The first-order valence-electron chi connectivity index (χ1n) is 11.4. The number of pyridine rings is 1. The summed E-state index contributed by atoms with van der Waals surface area (Å²) in [6.07, 6.45) is 3.50. The Bertz CT molecular complexity index is 1340. The van der Waals surface area contributed by atoms with Crippen molar-refractivity contribution in [3.63, 3.8) is 0 Å². The molecule has 34 heavy (non-hydrogen) atoms. The number of likely N-dealkylation sites (N-methyl/N-ethyl adjacent to an activating group) is 1. The summed E-state index contributed by atoms with van der Waals surface area (Å²) in [7, 11) is 1.75. The molecule has 6 nitrogen and oxygen atoms in total. The second-order valence-corrected chi connectivity index (χ2v) is 8.80. The quantitative estimate of drug-likeness (QED) is 0.441. The van der Waals surface area contributed by atoms with Crippen LogP contribution in [0.15, 0.2) is 42.9 Å². The lowest BCUT2D eigenvalue weighted by Gasteiger charge is -2.32. The molecule has 1 aliphatic rings. The van der Waals surface area contributed by atoms with Crippen molar-refractivity contribution < 1.29 is 18.0 Å². The largest absolute Gasteiger partial charge is 0.354 e. The van der Waals surface area contributed by atoms with E-state index in [0.29, 0.717) is 36.5 Å². The standard InChI is InChI=1S/C25H26F3N5O/c1-29-13-23(34)32-7-4-15(5-8-32)16-2-3-21-18(10-16)19(12-22(27)28)24(31-21)17-11-20(26)25-30-6-9-33(25)14-17/h2-3,6,9-11,14-15,22,29,31H,4-5,7-8,12-13H2,1H3. The Balaban J connectivity index is 1.50. The maximum absolute atomic E-state index is 14.6. The van der Waals surface area contributed by atoms with Crippen LogP contribution in [0.25, 0.3) is 27.8 Å². The highest BCUT2D eigenvalue weighted by Gasteiger charge is 2.25. The summed E-state index contributed by atoms with van der Waals surface area (Å²) in [6.45, 7) is 1.68. The molecule has 0 saturated carbocycles. The molecule has 5 rings (SSSR count). The monoisotopic (exact) mass is 469 g/mol. The van der Waals surface area contributed by atoms with Gasteiger partial charge in [0, 0.05) is 54.6 Å². The average Bonchev–Trinajstić information content (AvgIpc) is 3.44. The number of alkyl halides is 2. The fraction of sp³-hybridized carbons (Fsp3) is 0.360. The van der Waals surface area contributed by atoms with E-state index in [2.05, 4.69) is 15.3 Å². The molecule has 1 aliphatic heterocycles. The molecule has 1 saturated heterocycles. The van der Waals surface area contributed by atoms with Gasteiger partial charge in [-0.15, -0.1) is 0 Å². The van der Waals surface area contributed by atoms with Crippen LogP contribution in [-0.4, -0.2) is 58.3 Å². The van der Waals surface area contributed by atoms with Gasteiger partial charge in [-0.1, -0.05) is 6.07 Å². The number of piperidine rings is 1. The lowest BCUT2D eigenvalue weighted by molar-refractivity contribution is -0.131. The molecular formula is C25H26F3N5O. The molecule has 0 radical (unpaired) electrons. The zero-order valence-corrected chi connectivity index (χ0v) is 18.8. The highest BCUT2D eigenvalue weighted by Crippen LogP contribution is 2.36. The number of imidazole rings is 1. The zero-order chi connectivity index (χ0) is 23.8. The van der Waals surface area contributed by atoms with Crippen LogP contribution in [-0.2, 0) is 11.2 Å². The smallest absolute Gasteiger partial charge is 0.242 e. The minimum Gasteiger partial charge on any atom is -0.354 e. The number of nitrogens with one attached hydrogen (secondary N) is 2. The van der Waals surface area contributed by atoms with Crippen LogP contribution in [0.5, 0.6) is 0 Å². The van der Waals surface area contributed by atoms with E-state index < -0.39 is 18.7 Å². The van der Waals surface area contributed by atoms with Crippen molar-refractivity contribution in [2.24, 2.45) is 0 Å². The number of hydrogen-bond acceptors (Lipinski definition) is 3. The predicted molar refractivity (Wildman–Crippen MR) is 125 cm³/mol. The van der Waals surface area contributed by atoms with Gasteiger partial charge < -0.3 is 19.6 Å². The van der Waals surface area contributed by atoms with E-state index in [4.69, 9.17) is 0 Å². The molecule has 1 aromatic carbocycles. The Labute approximate surface area is 194 Å². The molecule has 2 N–H and O–H groups in total. The third-order valence-corrected chi connectivity index (χ3v) is 6.67. The van der Waals surface area contributed by atoms with Crippen LogP contribution < -0.4 is 5.32 Å². The van der Waals surface area contributed by atoms with E-state index in [1.165, 1.54) is 12.3 Å². The maximum atomic E-state index is 14.6. The Morgan fingerprint density at radius 1 is 1.26 bits per heavy atom. The Kier molecular flexibility index (Phi) is 6.03. The first-order chi connectivity index (χ1) is 16.4. The van der Waals surface area contributed by atoms with E-state index in [9.17, 15) is 18.0 Å². The first-order valence-corrected chi connectivity index (χ1v) is 11.4. The second kappa shape index (κ2) is 9.13. The van der Waals surface area contributed by atoms with Gasteiger partial charge in [0.15, 0.2) is 11.5 Å². The number of carbonyl (C=O) groups excluding carboxylic acids is 1. The van der Waals surface area contributed by atoms with Crippen molar-refractivity contribution in [2.45, 2.75) is 31.6 Å². The molecule has 9 heteroatoms. The molecule has 0 spiro atoms. The van der Waals surface area contributed by atoms with Gasteiger partial charge in [0.25, 0.3) is 0 Å². The number of aromatic amines is 1. The van der Waals surface area contributed by atoms with E-state index in [0.717, 1.165) is 29.3 Å². The highest BCUT2D eigenvalue weighted by molar-refractivity contribution is 5.91. The number of halogens is 3. The molecule has 4 aromatic rings. The van der Waals surface area contributed by atoms with Crippen molar-refractivity contribution in [1.29, 1.82) is 0 Å². The van der Waals surface area contributed by atoms with Gasteiger partial charge in [0.05, 0.1) is 12.2 Å². The summed E-state index contributed by atoms with van der Waals surface area (Å²) in [6, 6.07) is 7.24. The Morgan fingerprint density at radius 3 is 2.79 bits per heavy atom. The highest BCUT2D eigenvalue weighted by atomic mass is 19.3. The molecule has 0 atom stereocenters. The lowest BCUT2D eigenvalue weighted by atomic mass is 9.88. The summed E-state index contributed by atoms with van der Waals surface area (Å²) < 4.78 is 43.3. The van der Waals surface area contributed by atoms with Crippen molar-refractivity contribution in [2.75, 3.05) is 26.7 Å². The third-order valence-electron chi connectivity index (χ3n) is 6.67. The number of aromatic nitrogens is 3. The molecule has 1 fully saturated rings. The minimum absolute atomic E-state index is 0.0907. The summed E-state index contributed by atoms with van der Waals surface area (Å²) in [5.41, 5.74) is 3.47. The molecule has 3 aromatic heterocycles. The van der Waals surface area contributed by atoms with Crippen LogP contribution in [0.2, 0.25) is 0 Å². The van der Waals surface area contributed by atoms with Gasteiger partial charge in [0.1, 0.15) is 0 Å². The first kappa shape index (κ1) is 22.5. The van der Waals surface area contributed by atoms with Crippen molar-refractivity contribution in [1.82, 2.24) is 24.6 Å². The number of hydrogen-bond donors (Lipinski definition) is 2. The number of rotatable bonds is 6. The van der Waals surface area contributed by atoms with Crippen LogP contribution >= 0.6 is 0 Å². The molecule has 0 bridgehead atoms. The van der Waals surface area contributed by atoms with Crippen LogP contribution in [0.3, 0.4) is 0 Å². The topological polar surface area (TPSA) is 65.4 Å². The van der Waals surface area contributed by atoms with Crippen molar-refractivity contribution in [3.05, 3.63) is 59.8 Å². The van der Waals surface area contributed by atoms with Gasteiger partial charge in [-0.25, -0.2) is 18.2 Å². The van der Waals surface area contributed by atoms with E-state index in [-0.39, 0.29) is 17.5 Å². The Morgan fingerprint density at radius 2 is 2.06 bits per heavy atom. The number of nitrogens with zero attached hydrogens (tertiary/aromatic N) is 3. The summed E-state index contributed by atoms with van der Waals surface area (Å²) in [5, 5.41) is 3.62. The molecule has 178 valence electrons. The van der Waals surface area contributed by atoms with E-state index in [1.54, 1.807) is 23.8 Å². The van der Waals surface area contributed by atoms with Gasteiger partial charge in [-0.3, -0.25) is 4.79 Å². The van der Waals surface area contributed by atoms with Gasteiger partial charge in [-0.2, -0.15) is 0 Å². The number of H-pyrrole nitrogens is 1. The minimum atomic E-state index is -2.54. The van der Waals surface area contributed by atoms with E-state index in [1.807, 2.05) is 23.1 Å². The third kappa shape index (κ3) is 4.16. The van der Waals surface area contributed by atoms with Gasteiger partial charge in [-0.05, 0) is 55.1 Å². The fourth-order valence-electron chi connectivity index (χ4n) is 4.98. The molecule has 0 unspecified atom stereocenters. The van der Waals surface area contributed by atoms with Crippen molar-refractivity contribution in [3.8, 4) is 11.3 Å². The Hall–Kier alpha value is -3.33. The molecule has 0 aliphatic carbocycles. The van der Waals surface area contributed by atoms with Gasteiger partial charge >= 0.3 is 0 Å². The molecule has 1 amide bonds. The van der Waals surface area contributed by atoms with Crippen LogP contribution in [0.4, 0.5) is 13.2 Å².